The number of aromatic nitrogens is 2. The fraction of sp³-hybridized carbons (Fsp3) is 0.286. The average Bonchev–Trinajstić information content (AvgIpc) is 3.15. The molecule has 160 valence electrons. The van der Waals surface area contributed by atoms with Crippen molar-refractivity contribution >= 4 is 24.7 Å². The Hall–Kier alpha value is -3.15. The van der Waals surface area contributed by atoms with Gasteiger partial charge in [0.1, 0.15) is 37.1 Å². The molecule has 0 radical (unpaired) electrons. The van der Waals surface area contributed by atoms with E-state index in [1.54, 1.807) is 19.5 Å². The summed E-state index contributed by atoms with van der Waals surface area (Å²) >= 11 is 0. The standard InChI is InChI=1S/C21H19F2N4O3P/c1-31(2,29)20-10-19(24-12-25-20)30-11-13-5-15(6-13)21(28)27-18(3-4-26-27)14-7-16(22)9-17(23)8-14/h4,7-10,12,18H,3,5,11H2,1-2H3. The highest BCUT2D eigenvalue weighted by Gasteiger charge is 2.33. The normalized spacial score (nSPS) is 17.8. The lowest BCUT2D eigenvalue weighted by molar-refractivity contribution is -0.129. The second-order valence-corrected chi connectivity index (χ2v) is 10.8. The number of carbonyl (C=O) groups excluding carboxylic acids is 1. The van der Waals surface area contributed by atoms with Gasteiger partial charge >= 0.3 is 0 Å². The van der Waals surface area contributed by atoms with E-state index in [4.69, 9.17) is 4.74 Å². The molecule has 0 saturated heterocycles. The fourth-order valence-electron chi connectivity index (χ4n) is 3.28. The average molecular weight is 444 g/mol. The summed E-state index contributed by atoms with van der Waals surface area (Å²) in [6, 6.07) is 4.17. The summed E-state index contributed by atoms with van der Waals surface area (Å²) in [4.78, 5) is 20.8. The summed E-state index contributed by atoms with van der Waals surface area (Å²) in [5, 5.41) is 5.30. The topological polar surface area (TPSA) is 84.8 Å². The Labute approximate surface area is 177 Å². The van der Waals surface area contributed by atoms with Crippen molar-refractivity contribution in [3.63, 3.8) is 0 Å². The van der Waals surface area contributed by atoms with Gasteiger partial charge in [-0.3, -0.25) is 4.79 Å². The molecule has 1 amide bonds. The Morgan fingerprint density at radius 3 is 2.61 bits per heavy atom. The maximum absolute atomic E-state index is 13.6. The number of halogens is 2. The van der Waals surface area contributed by atoms with E-state index in [0.29, 0.717) is 35.3 Å². The summed E-state index contributed by atoms with van der Waals surface area (Å²) in [7, 11) is -2.53. The van der Waals surface area contributed by atoms with E-state index in [9.17, 15) is 18.1 Å². The summed E-state index contributed by atoms with van der Waals surface area (Å²) < 4.78 is 44.9. The van der Waals surface area contributed by atoms with Crippen LogP contribution >= 0.6 is 7.14 Å². The molecule has 2 aliphatic rings. The number of ether oxygens (including phenoxy) is 1. The Morgan fingerprint density at radius 1 is 1.23 bits per heavy atom. The summed E-state index contributed by atoms with van der Waals surface area (Å²) in [6.07, 6.45) is 3.57. The molecule has 7 nitrogen and oxygen atoms in total. The number of nitrogens with zero attached hydrogens (tertiary/aromatic N) is 4. The SMILES string of the molecule is CP(C)(=O)c1cc(OCC2=C=C(C(=O)N3N=CCC3c3cc(F)cc(F)c3)C2)ncn1. The van der Waals surface area contributed by atoms with Crippen LogP contribution in [0.5, 0.6) is 5.88 Å². The van der Waals surface area contributed by atoms with E-state index in [0.717, 1.165) is 11.6 Å². The van der Waals surface area contributed by atoms with E-state index in [1.165, 1.54) is 29.5 Å². The molecule has 0 spiro atoms. The minimum absolute atomic E-state index is 0.173. The lowest BCUT2D eigenvalue weighted by atomic mass is 9.96. The van der Waals surface area contributed by atoms with Crippen LogP contribution in [0.1, 0.15) is 24.4 Å². The van der Waals surface area contributed by atoms with Gasteiger partial charge in [0.15, 0.2) is 0 Å². The first-order valence-corrected chi connectivity index (χ1v) is 12.1. The van der Waals surface area contributed by atoms with Crippen molar-refractivity contribution in [1.82, 2.24) is 15.0 Å². The van der Waals surface area contributed by atoms with Gasteiger partial charge < -0.3 is 9.30 Å². The highest BCUT2D eigenvalue weighted by molar-refractivity contribution is 7.69. The zero-order valence-electron chi connectivity index (χ0n) is 16.9. The molecule has 0 bridgehead atoms. The van der Waals surface area contributed by atoms with Gasteiger partial charge in [-0.15, -0.1) is 5.73 Å². The number of rotatable bonds is 6. The molecule has 1 aromatic heterocycles. The number of hydrazone groups is 1. The highest BCUT2D eigenvalue weighted by Crippen LogP contribution is 2.34. The predicted molar refractivity (Wildman–Crippen MR) is 111 cm³/mol. The number of amides is 1. The molecular formula is C21H19F2N4O3P. The molecule has 1 aliphatic carbocycles. The number of hydrogen-bond acceptors (Lipinski definition) is 6. The maximum atomic E-state index is 13.6. The Kier molecular flexibility index (Phi) is 5.56. The molecule has 1 unspecified atom stereocenters. The van der Waals surface area contributed by atoms with Gasteiger partial charge in [-0.2, -0.15) is 5.10 Å². The molecule has 0 N–H and O–H groups in total. The molecule has 1 aromatic carbocycles. The third kappa shape index (κ3) is 4.63. The van der Waals surface area contributed by atoms with E-state index >= 15 is 0 Å². The first kappa shape index (κ1) is 21.1. The lowest BCUT2D eigenvalue weighted by Gasteiger charge is -2.25. The number of carbonyl (C=O) groups is 1. The van der Waals surface area contributed by atoms with Crippen LogP contribution in [0.25, 0.3) is 0 Å². The molecule has 1 aliphatic heterocycles. The van der Waals surface area contributed by atoms with E-state index in [2.05, 4.69) is 20.8 Å². The molecule has 0 fully saturated rings. The Bertz CT molecular complexity index is 1180. The van der Waals surface area contributed by atoms with Crippen molar-refractivity contribution in [2.45, 2.75) is 18.9 Å². The van der Waals surface area contributed by atoms with Crippen molar-refractivity contribution in [3.8, 4) is 5.88 Å². The number of hydrogen-bond donors (Lipinski definition) is 0. The molecule has 4 rings (SSSR count). The molecular weight excluding hydrogens is 425 g/mol. The molecule has 10 heteroatoms. The predicted octanol–water partition coefficient (Wildman–Crippen LogP) is 3.20. The minimum Gasteiger partial charge on any atom is -0.472 e. The van der Waals surface area contributed by atoms with Gasteiger partial charge in [0.2, 0.25) is 5.88 Å². The van der Waals surface area contributed by atoms with Gasteiger partial charge in [0, 0.05) is 36.8 Å². The molecule has 2 aromatic rings. The number of benzene rings is 1. The second-order valence-electron chi connectivity index (χ2n) is 7.64. The van der Waals surface area contributed by atoms with Crippen LogP contribution in [0, 0.1) is 11.6 Å². The highest BCUT2D eigenvalue weighted by atomic mass is 31.2. The summed E-state index contributed by atoms with van der Waals surface area (Å²) in [5.41, 5.74) is 4.91. The van der Waals surface area contributed by atoms with Crippen LogP contribution in [0.2, 0.25) is 0 Å². The van der Waals surface area contributed by atoms with Crippen molar-refractivity contribution < 1.29 is 22.9 Å². The quantitative estimate of drug-likeness (QED) is 0.505. The van der Waals surface area contributed by atoms with Gasteiger partial charge in [-0.1, -0.05) is 0 Å². The first-order valence-electron chi connectivity index (χ1n) is 9.50. The third-order valence-corrected chi connectivity index (χ3v) is 6.21. The van der Waals surface area contributed by atoms with E-state index in [-0.39, 0.29) is 12.5 Å². The molecule has 1 atom stereocenters. The van der Waals surface area contributed by atoms with Crippen LogP contribution < -0.4 is 10.2 Å². The second kappa shape index (κ2) is 8.17. The summed E-state index contributed by atoms with van der Waals surface area (Å²) in [6.45, 7) is 3.40. The van der Waals surface area contributed by atoms with Crippen LogP contribution in [0.15, 0.2) is 52.6 Å². The third-order valence-electron chi connectivity index (χ3n) is 4.86. The minimum atomic E-state index is -2.53. The van der Waals surface area contributed by atoms with Crippen molar-refractivity contribution in [1.29, 1.82) is 0 Å². The smallest absolute Gasteiger partial charge is 0.278 e. The molecule has 31 heavy (non-hydrogen) atoms. The lowest BCUT2D eigenvalue weighted by Crippen LogP contribution is -2.30. The van der Waals surface area contributed by atoms with Crippen LogP contribution in [0.4, 0.5) is 8.78 Å². The zero-order chi connectivity index (χ0) is 22.2. The van der Waals surface area contributed by atoms with Gasteiger partial charge in [0.05, 0.1) is 11.6 Å². The summed E-state index contributed by atoms with van der Waals surface area (Å²) in [5.74, 6) is -1.48. The van der Waals surface area contributed by atoms with E-state index in [1.807, 2.05) is 0 Å². The fourth-order valence-corrected chi connectivity index (χ4v) is 4.03. The van der Waals surface area contributed by atoms with Gasteiger partial charge in [-0.05, 0) is 31.0 Å². The maximum Gasteiger partial charge on any atom is 0.278 e. The van der Waals surface area contributed by atoms with Crippen molar-refractivity contribution in [2.75, 3.05) is 19.9 Å². The largest absolute Gasteiger partial charge is 0.472 e. The van der Waals surface area contributed by atoms with Gasteiger partial charge in [-0.25, -0.2) is 23.8 Å². The van der Waals surface area contributed by atoms with Gasteiger partial charge in [0.25, 0.3) is 5.91 Å². The Balaban J connectivity index is 1.44. The van der Waals surface area contributed by atoms with Crippen LogP contribution in [0.3, 0.4) is 0 Å². The van der Waals surface area contributed by atoms with Crippen molar-refractivity contribution in [3.05, 3.63) is 64.7 Å². The van der Waals surface area contributed by atoms with E-state index < -0.39 is 24.8 Å². The van der Waals surface area contributed by atoms with Crippen LogP contribution in [-0.2, 0) is 9.36 Å². The molecule has 2 heterocycles. The monoisotopic (exact) mass is 444 g/mol. The first-order chi connectivity index (χ1) is 14.7. The Morgan fingerprint density at radius 2 is 1.94 bits per heavy atom. The van der Waals surface area contributed by atoms with Crippen molar-refractivity contribution in [2.24, 2.45) is 5.10 Å². The molecule has 0 saturated carbocycles. The zero-order valence-corrected chi connectivity index (χ0v) is 17.8. The van der Waals surface area contributed by atoms with Crippen LogP contribution in [-0.4, -0.2) is 47.0 Å².